The number of aryl methyl sites for hydroxylation is 2. The second kappa shape index (κ2) is 7.78. The van der Waals surface area contributed by atoms with E-state index in [-0.39, 0.29) is 18.5 Å². The van der Waals surface area contributed by atoms with Crippen LogP contribution >= 0.6 is 0 Å². The summed E-state index contributed by atoms with van der Waals surface area (Å²) in [6.45, 7) is 8.66. The molecule has 0 spiro atoms. The molecule has 0 bridgehead atoms. The zero-order chi connectivity index (χ0) is 16.0. The number of hydrogen-bond acceptors (Lipinski definition) is 3. The van der Waals surface area contributed by atoms with Crippen LogP contribution in [0.2, 0.25) is 0 Å². The predicted octanol–water partition coefficient (Wildman–Crippen LogP) is 1.97. The fourth-order valence-electron chi connectivity index (χ4n) is 2.08. The van der Waals surface area contributed by atoms with Crippen LogP contribution in [-0.2, 0) is 11.3 Å². The zero-order valence-corrected chi connectivity index (χ0v) is 13.5. The summed E-state index contributed by atoms with van der Waals surface area (Å²) in [6.07, 6.45) is 0. The molecule has 0 atom stereocenters. The Balaban J connectivity index is 2.47. The number of benzene rings is 1. The van der Waals surface area contributed by atoms with Crippen LogP contribution < -0.4 is 10.6 Å². The van der Waals surface area contributed by atoms with Gasteiger partial charge in [-0.25, -0.2) is 4.79 Å². The number of hydrogen-bond donors (Lipinski definition) is 2. The van der Waals surface area contributed by atoms with E-state index in [0.717, 1.165) is 0 Å². The lowest BCUT2D eigenvalue weighted by atomic mass is 10.1. The number of amides is 3. The summed E-state index contributed by atoms with van der Waals surface area (Å²) in [4.78, 5) is 25.1. The molecule has 0 fully saturated rings. The number of nitrogens with zero attached hydrogens (tertiary/aromatic N) is 1. The van der Waals surface area contributed by atoms with E-state index in [1.165, 1.54) is 16.7 Å². The summed E-state index contributed by atoms with van der Waals surface area (Å²) in [6, 6.07) is 5.82. The minimum atomic E-state index is -0.449. The monoisotopic (exact) mass is 291 g/mol. The summed E-state index contributed by atoms with van der Waals surface area (Å²) in [5.41, 5.74) is 3.62. The van der Waals surface area contributed by atoms with Gasteiger partial charge in [-0.05, 0) is 45.9 Å². The van der Waals surface area contributed by atoms with Crippen molar-refractivity contribution in [3.8, 4) is 0 Å². The first kappa shape index (κ1) is 17.2. The highest BCUT2D eigenvalue weighted by atomic mass is 16.2. The van der Waals surface area contributed by atoms with E-state index in [1.54, 1.807) is 0 Å². The van der Waals surface area contributed by atoms with Crippen LogP contribution in [0, 0.1) is 13.8 Å². The SMILES string of the molecule is Cc1ccc(CN(C)CC(=O)NC(=O)NC(C)C)c(C)c1. The second-order valence-corrected chi connectivity index (χ2v) is 5.78. The number of rotatable bonds is 5. The van der Waals surface area contributed by atoms with E-state index >= 15 is 0 Å². The Labute approximate surface area is 126 Å². The predicted molar refractivity (Wildman–Crippen MR) is 84.1 cm³/mol. The average molecular weight is 291 g/mol. The van der Waals surface area contributed by atoms with Crippen molar-refractivity contribution >= 4 is 11.9 Å². The summed E-state index contributed by atoms with van der Waals surface area (Å²) in [5.74, 6) is -0.305. The summed E-state index contributed by atoms with van der Waals surface area (Å²) in [5, 5.41) is 4.94. The fraction of sp³-hybridized carbons (Fsp3) is 0.500. The Bertz CT molecular complexity index is 512. The lowest BCUT2D eigenvalue weighted by molar-refractivity contribution is -0.120. The van der Waals surface area contributed by atoms with Crippen LogP contribution in [-0.4, -0.2) is 36.5 Å². The number of urea groups is 1. The molecule has 0 aliphatic carbocycles. The molecule has 0 saturated heterocycles. The minimum absolute atomic E-state index is 0.00531. The Morgan fingerprint density at radius 3 is 2.48 bits per heavy atom. The van der Waals surface area contributed by atoms with Gasteiger partial charge in [-0.2, -0.15) is 0 Å². The first-order valence-corrected chi connectivity index (χ1v) is 7.13. The van der Waals surface area contributed by atoms with E-state index in [0.29, 0.717) is 6.54 Å². The van der Waals surface area contributed by atoms with Crippen molar-refractivity contribution in [3.63, 3.8) is 0 Å². The number of nitrogens with one attached hydrogen (secondary N) is 2. The number of likely N-dealkylation sites (N-methyl/N-ethyl adjacent to an activating group) is 1. The average Bonchev–Trinajstić information content (AvgIpc) is 2.31. The molecule has 3 amide bonds. The van der Waals surface area contributed by atoms with Gasteiger partial charge in [0.2, 0.25) is 5.91 Å². The number of imide groups is 1. The normalized spacial score (nSPS) is 10.8. The maximum absolute atomic E-state index is 11.8. The van der Waals surface area contributed by atoms with Crippen molar-refractivity contribution in [1.29, 1.82) is 0 Å². The molecule has 2 N–H and O–H groups in total. The Morgan fingerprint density at radius 1 is 1.24 bits per heavy atom. The lowest BCUT2D eigenvalue weighted by Crippen LogP contribution is -2.45. The van der Waals surface area contributed by atoms with E-state index in [9.17, 15) is 9.59 Å². The van der Waals surface area contributed by atoms with Gasteiger partial charge in [-0.1, -0.05) is 23.8 Å². The van der Waals surface area contributed by atoms with E-state index in [1.807, 2.05) is 25.8 Å². The van der Waals surface area contributed by atoms with Crippen LogP contribution in [0.25, 0.3) is 0 Å². The van der Waals surface area contributed by atoms with Gasteiger partial charge < -0.3 is 5.32 Å². The lowest BCUT2D eigenvalue weighted by Gasteiger charge is -2.18. The van der Waals surface area contributed by atoms with Crippen LogP contribution in [0.1, 0.15) is 30.5 Å². The van der Waals surface area contributed by atoms with Crippen LogP contribution in [0.5, 0.6) is 0 Å². The first-order chi connectivity index (χ1) is 9.77. The van der Waals surface area contributed by atoms with E-state index < -0.39 is 6.03 Å². The topological polar surface area (TPSA) is 61.4 Å². The molecule has 0 aliphatic rings. The molecule has 1 aromatic rings. The minimum Gasteiger partial charge on any atom is -0.336 e. The third-order valence-electron chi connectivity index (χ3n) is 3.02. The molecule has 5 nitrogen and oxygen atoms in total. The maximum atomic E-state index is 11.8. The molecule has 21 heavy (non-hydrogen) atoms. The Morgan fingerprint density at radius 2 is 1.90 bits per heavy atom. The third-order valence-corrected chi connectivity index (χ3v) is 3.02. The molecule has 0 radical (unpaired) electrons. The zero-order valence-electron chi connectivity index (χ0n) is 13.5. The van der Waals surface area contributed by atoms with Gasteiger partial charge in [0, 0.05) is 12.6 Å². The molecule has 5 heteroatoms. The van der Waals surface area contributed by atoms with E-state index in [4.69, 9.17) is 0 Å². The molecular formula is C16H25N3O2. The van der Waals surface area contributed by atoms with Crippen LogP contribution in [0.4, 0.5) is 4.79 Å². The molecule has 0 unspecified atom stereocenters. The molecule has 0 saturated carbocycles. The van der Waals surface area contributed by atoms with E-state index in [2.05, 4.69) is 42.7 Å². The smallest absolute Gasteiger partial charge is 0.321 e. The quantitative estimate of drug-likeness (QED) is 0.872. The van der Waals surface area contributed by atoms with Gasteiger partial charge in [0.05, 0.1) is 6.54 Å². The summed E-state index contributed by atoms with van der Waals surface area (Å²) in [7, 11) is 1.86. The van der Waals surface area contributed by atoms with Gasteiger partial charge in [-0.15, -0.1) is 0 Å². The number of carbonyl (C=O) groups is 2. The van der Waals surface area contributed by atoms with Crippen molar-refractivity contribution in [2.45, 2.75) is 40.3 Å². The highest BCUT2D eigenvalue weighted by Gasteiger charge is 2.12. The Kier molecular flexibility index (Phi) is 6.37. The largest absolute Gasteiger partial charge is 0.336 e. The first-order valence-electron chi connectivity index (χ1n) is 7.13. The molecular weight excluding hydrogens is 266 g/mol. The molecule has 0 aromatic heterocycles. The molecule has 1 aromatic carbocycles. The van der Waals surface area contributed by atoms with Crippen molar-refractivity contribution in [2.75, 3.05) is 13.6 Å². The fourth-order valence-corrected chi connectivity index (χ4v) is 2.08. The second-order valence-electron chi connectivity index (χ2n) is 5.78. The van der Waals surface area contributed by atoms with Crippen LogP contribution in [0.3, 0.4) is 0 Å². The summed E-state index contributed by atoms with van der Waals surface area (Å²) < 4.78 is 0. The molecule has 116 valence electrons. The highest BCUT2D eigenvalue weighted by molar-refractivity contribution is 5.95. The molecule has 0 aliphatic heterocycles. The third kappa shape index (κ3) is 6.40. The van der Waals surface area contributed by atoms with Crippen molar-refractivity contribution in [2.24, 2.45) is 0 Å². The molecule has 1 rings (SSSR count). The van der Waals surface area contributed by atoms with Gasteiger partial charge in [0.1, 0.15) is 0 Å². The summed E-state index contributed by atoms with van der Waals surface area (Å²) >= 11 is 0. The maximum Gasteiger partial charge on any atom is 0.321 e. The van der Waals surface area contributed by atoms with Crippen LogP contribution in [0.15, 0.2) is 18.2 Å². The van der Waals surface area contributed by atoms with Crippen molar-refractivity contribution in [3.05, 3.63) is 34.9 Å². The Hall–Kier alpha value is -1.88. The van der Waals surface area contributed by atoms with Gasteiger partial charge >= 0.3 is 6.03 Å². The van der Waals surface area contributed by atoms with Gasteiger partial charge in [0.25, 0.3) is 0 Å². The highest BCUT2D eigenvalue weighted by Crippen LogP contribution is 2.12. The molecule has 0 heterocycles. The number of carbonyl (C=O) groups excluding carboxylic acids is 2. The van der Waals surface area contributed by atoms with Gasteiger partial charge in [-0.3, -0.25) is 15.0 Å². The van der Waals surface area contributed by atoms with Crippen molar-refractivity contribution in [1.82, 2.24) is 15.5 Å². The van der Waals surface area contributed by atoms with Crippen molar-refractivity contribution < 1.29 is 9.59 Å². The van der Waals surface area contributed by atoms with Gasteiger partial charge in [0.15, 0.2) is 0 Å². The standard InChI is InChI=1S/C16H25N3O2/c1-11(2)17-16(21)18-15(20)10-19(5)9-14-7-6-12(3)8-13(14)4/h6-8,11H,9-10H2,1-5H3,(H2,17,18,20,21).